The molecule has 0 bridgehead atoms. The zero-order chi connectivity index (χ0) is 24.6. The normalized spacial score (nSPS) is 16.6. The van der Waals surface area contributed by atoms with Crippen LogP contribution in [0.4, 0.5) is 18.9 Å². The van der Waals surface area contributed by atoms with E-state index in [1.165, 1.54) is 16.9 Å². The van der Waals surface area contributed by atoms with Crippen molar-refractivity contribution in [2.45, 2.75) is 31.4 Å². The summed E-state index contributed by atoms with van der Waals surface area (Å²) in [7, 11) is 0. The summed E-state index contributed by atoms with van der Waals surface area (Å²) >= 11 is 0. The number of rotatable bonds is 4. The number of alkyl halides is 3. The minimum absolute atomic E-state index is 0.119. The maximum absolute atomic E-state index is 13.5. The number of hydrogen-bond donors (Lipinski definition) is 0. The number of anilines is 1. The number of benzene rings is 2. The molecule has 35 heavy (non-hydrogen) atoms. The van der Waals surface area contributed by atoms with Crippen molar-refractivity contribution in [3.63, 3.8) is 0 Å². The van der Waals surface area contributed by atoms with Gasteiger partial charge in [-0.05, 0) is 61.7 Å². The van der Waals surface area contributed by atoms with Crippen molar-refractivity contribution in [3.8, 4) is 11.8 Å². The van der Waals surface area contributed by atoms with Crippen LogP contribution in [-0.4, -0.2) is 46.8 Å². The van der Waals surface area contributed by atoms with Crippen LogP contribution in [0.2, 0.25) is 0 Å². The molecule has 1 aliphatic heterocycles. The number of halogens is 3. The SMILES string of the molecule is N#Cc1ccc(N2CCCN(C(=O)c3cnn(-c4cccc(C(F)(F)F)c4)c3C3CC3)CC2)cc1. The maximum atomic E-state index is 13.5. The van der Waals surface area contributed by atoms with Crippen molar-refractivity contribution < 1.29 is 18.0 Å². The Labute approximate surface area is 201 Å². The summed E-state index contributed by atoms with van der Waals surface area (Å²) in [5, 5.41) is 13.4. The second kappa shape index (κ2) is 9.10. The lowest BCUT2D eigenvalue weighted by Gasteiger charge is -2.24. The molecule has 1 saturated heterocycles. The Hall–Kier alpha value is -3.80. The highest BCUT2D eigenvalue weighted by Crippen LogP contribution is 2.43. The van der Waals surface area contributed by atoms with E-state index in [1.807, 2.05) is 17.0 Å². The van der Waals surface area contributed by atoms with Crippen molar-refractivity contribution in [1.29, 1.82) is 5.26 Å². The monoisotopic (exact) mass is 479 g/mol. The average molecular weight is 480 g/mol. The minimum Gasteiger partial charge on any atom is -0.370 e. The van der Waals surface area contributed by atoms with E-state index in [0.717, 1.165) is 43.6 Å². The molecule has 0 unspecified atom stereocenters. The summed E-state index contributed by atoms with van der Waals surface area (Å²) in [6.07, 6.45) is -0.394. The predicted octanol–water partition coefficient (Wildman–Crippen LogP) is 4.99. The first-order valence-electron chi connectivity index (χ1n) is 11.6. The lowest BCUT2D eigenvalue weighted by Crippen LogP contribution is -2.35. The molecule has 5 rings (SSSR count). The third-order valence-corrected chi connectivity index (χ3v) is 6.56. The fourth-order valence-electron chi connectivity index (χ4n) is 4.59. The highest BCUT2D eigenvalue weighted by Gasteiger charge is 2.35. The summed E-state index contributed by atoms with van der Waals surface area (Å²) in [4.78, 5) is 17.5. The van der Waals surface area contributed by atoms with Gasteiger partial charge in [0.05, 0.1) is 40.3 Å². The van der Waals surface area contributed by atoms with Crippen molar-refractivity contribution in [2.24, 2.45) is 0 Å². The van der Waals surface area contributed by atoms with Crippen molar-refractivity contribution in [2.75, 3.05) is 31.1 Å². The molecular weight excluding hydrogens is 455 g/mol. The molecule has 1 amide bonds. The van der Waals surface area contributed by atoms with E-state index in [0.29, 0.717) is 42.1 Å². The largest absolute Gasteiger partial charge is 0.416 e. The summed E-state index contributed by atoms with van der Waals surface area (Å²) in [6.45, 7) is 2.55. The molecule has 1 aliphatic carbocycles. The van der Waals surface area contributed by atoms with Gasteiger partial charge in [0.25, 0.3) is 5.91 Å². The Kier molecular flexibility index (Phi) is 5.97. The number of carbonyl (C=O) groups is 1. The molecule has 0 spiro atoms. The Morgan fingerprint density at radius 1 is 1.00 bits per heavy atom. The molecular formula is C26H24F3N5O. The van der Waals surface area contributed by atoms with E-state index in [2.05, 4.69) is 16.1 Å². The standard InChI is InChI=1S/C26H24F3N5O/c27-26(28,29)20-3-1-4-22(15-20)34-24(19-7-8-19)23(17-31-34)25(35)33-12-2-11-32(13-14-33)21-9-5-18(16-30)6-10-21/h1,3-6,9-10,15,17,19H,2,7-8,11-14H2. The van der Waals surface area contributed by atoms with Crippen LogP contribution in [0.1, 0.15) is 52.4 Å². The molecule has 0 atom stereocenters. The van der Waals surface area contributed by atoms with E-state index in [-0.39, 0.29) is 11.8 Å². The van der Waals surface area contributed by atoms with E-state index in [4.69, 9.17) is 5.26 Å². The van der Waals surface area contributed by atoms with Crippen LogP contribution in [0, 0.1) is 11.3 Å². The Morgan fingerprint density at radius 2 is 1.77 bits per heavy atom. The minimum atomic E-state index is -4.45. The number of amides is 1. The second-order valence-electron chi connectivity index (χ2n) is 8.97. The summed E-state index contributed by atoms with van der Waals surface area (Å²) in [5.74, 6) is -0.0140. The van der Waals surface area contributed by atoms with Gasteiger partial charge in [-0.25, -0.2) is 4.68 Å². The molecule has 2 aliphatic rings. The first kappa shape index (κ1) is 23.0. The fourth-order valence-corrected chi connectivity index (χ4v) is 4.59. The highest BCUT2D eigenvalue weighted by atomic mass is 19.4. The van der Waals surface area contributed by atoms with Gasteiger partial charge in [0.15, 0.2) is 0 Å². The van der Waals surface area contributed by atoms with Gasteiger partial charge in [0, 0.05) is 37.8 Å². The van der Waals surface area contributed by atoms with E-state index in [1.54, 1.807) is 18.2 Å². The number of carbonyl (C=O) groups excluding carboxylic acids is 1. The van der Waals surface area contributed by atoms with Crippen molar-refractivity contribution >= 4 is 11.6 Å². The topological polar surface area (TPSA) is 65.2 Å². The fraction of sp³-hybridized carbons (Fsp3) is 0.346. The Balaban J connectivity index is 1.37. The van der Waals surface area contributed by atoms with Crippen LogP contribution >= 0.6 is 0 Å². The summed E-state index contributed by atoms with van der Waals surface area (Å²) in [5.41, 5.74) is 2.35. The summed E-state index contributed by atoms with van der Waals surface area (Å²) < 4.78 is 41.3. The molecule has 6 nitrogen and oxygen atoms in total. The molecule has 0 radical (unpaired) electrons. The number of nitrogens with zero attached hydrogens (tertiary/aromatic N) is 5. The van der Waals surface area contributed by atoms with Crippen LogP contribution in [0.3, 0.4) is 0 Å². The lowest BCUT2D eigenvalue weighted by atomic mass is 10.1. The van der Waals surface area contributed by atoms with Crippen LogP contribution in [0.15, 0.2) is 54.7 Å². The molecule has 1 saturated carbocycles. The van der Waals surface area contributed by atoms with Gasteiger partial charge in [0.1, 0.15) is 0 Å². The third-order valence-electron chi connectivity index (χ3n) is 6.56. The maximum Gasteiger partial charge on any atom is 0.416 e. The van der Waals surface area contributed by atoms with Crippen LogP contribution in [0.25, 0.3) is 5.69 Å². The molecule has 1 aromatic heterocycles. The zero-order valence-electron chi connectivity index (χ0n) is 19.0. The van der Waals surface area contributed by atoms with E-state index < -0.39 is 11.7 Å². The molecule has 2 fully saturated rings. The Morgan fingerprint density at radius 3 is 2.46 bits per heavy atom. The smallest absolute Gasteiger partial charge is 0.370 e. The van der Waals surface area contributed by atoms with Gasteiger partial charge in [0.2, 0.25) is 0 Å². The van der Waals surface area contributed by atoms with Gasteiger partial charge in [-0.3, -0.25) is 4.79 Å². The molecule has 3 aromatic rings. The number of aromatic nitrogens is 2. The van der Waals surface area contributed by atoms with Crippen LogP contribution in [0.5, 0.6) is 0 Å². The second-order valence-corrected chi connectivity index (χ2v) is 8.97. The van der Waals surface area contributed by atoms with E-state index in [9.17, 15) is 18.0 Å². The molecule has 2 aromatic carbocycles. The molecule has 2 heterocycles. The van der Waals surface area contributed by atoms with E-state index >= 15 is 0 Å². The number of nitriles is 1. The first-order valence-corrected chi connectivity index (χ1v) is 11.6. The van der Waals surface area contributed by atoms with Gasteiger partial charge >= 0.3 is 6.18 Å². The summed E-state index contributed by atoms with van der Waals surface area (Å²) in [6, 6.07) is 14.6. The molecule has 9 heteroatoms. The van der Waals surface area contributed by atoms with Gasteiger partial charge in [-0.1, -0.05) is 6.07 Å². The molecule has 180 valence electrons. The van der Waals surface area contributed by atoms with Gasteiger partial charge in [-0.2, -0.15) is 23.5 Å². The Bertz CT molecular complexity index is 1270. The van der Waals surface area contributed by atoms with Crippen molar-refractivity contribution in [1.82, 2.24) is 14.7 Å². The lowest BCUT2D eigenvalue weighted by molar-refractivity contribution is -0.137. The van der Waals surface area contributed by atoms with Gasteiger partial charge < -0.3 is 9.80 Å². The third kappa shape index (κ3) is 4.74. The number of hydrogen-bond acceptors (Lipinski definition) is 4. The predicted molar refractivity (Wildman–Crippen MR) is 124 cm³/mol. The zero-order valence-corrected chi connectivity index (χ0v) is 19.0. The average Bonchev–Trinajstić information content (AvgIpc) is 3.65. The highest BCUT2D eigenvalue weighted by molar-refractivity contribution is 5.95. The van der Waals surface area contributed by atoms with Crippen molar-refractivity contribution in [3.05, 3.63) is 77.1 Å². The van der Waals surface area contributed by atoms with Gasteiger partial charge in [-0.15, -0.1) is 0 Å². The quantitative estimate of drug-likeness (QED) is 0.529. The van der Waals surface area contributed by atoms with Crippen LogP contribution < -0.4 is 4.90 Å². The first-order chi connectivity index (χ1) is 16.8. The van der Waals surface area contributed by atoms with Crippen LogP contribution in [-0.2, 0) is 6.18 Å². The molecule has 0 N–H and O–H groups in total.